The highest BCUT2D eigenvalue weighted by Gasteiger charge is 2.23. The van der Waals surface area contributed by atoms with Gasteiger partial charge in [0.1, 0.15) is 11.3 Å². The molecule has 1 atom stereocenters. The molecule has 2 aromatic rings. The fraction of sp³-hybridized carbons (Fsp3) is 0.286. The lowest BCUT2D eigenvalue weighted by Gasteiger charge is -2.15. The average Bonchev–Trinajstić information content (AvgIpc) is 2.90. The van der Waals surface area contributed by atoms with Gasteiger partial charge in [-0.3, -0.25) is 0 Å². The molecule has 0 radical (unpaired) electrons. The molecule has 5 heteroatoms. The number of rotatable bonds is 3. The van der Waals surface area contributed by atoms with Crippen LogP contribution in [0.5, 0.6) is 0 Å². The monoisotopic (exact) mass is 292 g/mol. The molecule has 0 aliphatic carbocycles. The lowest BCUT2D eigenvalue weighted by Crippen LogP contribution is -2.10. The highest BCUT2D eigenvalue weighted by molar-refractivity contribution is 7.98. The Hall–Kier alpha value is -1.10. The molecule has 19 heavy (non-hydrogen) atoms. The zero-order chi connectivity index (χ0) is 13.2. The van der Waals surface area contributed by atoms with Crippen LogP contribution in [0.4, 0.5) is 0 Å². The summed E-state index contributed by atoms with van der Waals surface area (Å²) in [5, 5.41) is 0.558. The SMILES string of the molecule is COC(c1ccccc1)c1nc(Cl)c2c(n1)CSC2. The first-order chi connectivity index (χ1) is 9.29. The zero-order valence-electron chi connectivity index (χ0n) is 10.5. The van der Waals surface area contributed by atoms with Crippen molar-refractivity contribution in [3.05, 3.63) is 58.1 Å². The van der Waals surface area contributed by atoms with Gasteiger partial charge < -0.3 is 4.74 Å². The smallest absolute Gasteiger partial charge is 0.163 e. The number of hydrogen-bond donors (Lipinski definition) is 0. The Balaban J connectivity index is 2.03. The van der Waals surface area contributed by atoms with Crippen molar-refractivity contribution in [1.29, 1.82) is 0 Å². The maximum absolute atomic E-state index is 6.24. The number of ether oxygens (including phenoxy) is 1. The highest BCUT2D eigenvalue weighted by atomic mass is 35.5. The first-order valence-electron chi connectivity index (χ1n) is 6.00. The van der Waals surface area contributed by atoms with Crippen LogP contribution in [0.3, 0.4) is 0 Å². The standard InChI is InChI=1S/C14H13ClN2OS/c1-18-12(9-5-3-2-4-6-9)14-16-11-8-19-7-10(11)13(15)17-14/h2-6,12H,7-8H2,1H3. The molecule has 0 amide bonds. The van der Waals surface area contributed by atoms with E-state index >= 15 is 0 Å². The summed E-state index contributed by atoms with van der Waals surface area (Å²) in [6.07, 6.45) is -0.269. The summed E-state index contributed by atoms with van der Waals surface area (Å²) in [5.41, 5.74) is 3.14. The number of fused-ring (bicyclic) bond motifs is 1. The summed E-state index contributed by atoms with van der Waals surface area (Å²) >= 11 is 8.06. The number of hydrogen-bond acceptors (Lipinski definition) is 4. The van der Waals surface area contributed by atoms with E-state index in [-0.39, 0.29) is 6.10 Å². The van der Waals surface area contributed by atoms with Crippen molar-refractivity contribution in [3.63, 3.8) is 0 Å². The minimum Gasteiger partial charge on any atom is -0.369 e. The topological polar surface area (TPSA) is 35.0 Å². The van der Waals surface area contributed by atoms with Crippen molar-refractivity contribution in [2.45, 2.75) is 17.6 Å². The van der Waals surface area contributed by atoms with Crippen LogP contribution >= 0.6 is 23.4 Å². The van der Waals surface area contributed by atoms with E-state index in [0.29, 0.717) is 11.0 Å². The number of benzene rings is 1. The van der Waals surface area contributed by atoms with Crippen LogP contribution in [0.2, 0.25) is 5.15 Å². The van der Waals surface area contributed by atoms with Crippen LogP contribution in [0.15, 0.2) is 30.3 Å². The Morgan fingerprint density at radius 1 is 1.21 bits per heavy atom. The van der Waals surface area contributed by atoms with Crippen molar-refractivity contribution < 1.29 is 4.74 Å². The van der Waals surface area contributed by atoms with Gasteiger partial charge in [-0.15, -0.1) is 0 Å². The molecule has 0 saturated carbocycles. The van der Waals surface area contributed by atoms with Gasteiger partial charge in [0.2, 0.25) is 0 Å². The molecule has 1 unspecified atom stereocenters. The molecule has 0 bridgehead atoms. The van der Waals surface area contributed by atoms with E-state index in [4.69, 9.17) is 16.3 Å². The lowest BCUT2D eigenvalue weighted by atomic mass is 10.1. The molecule has 2 heterocycles. The number of nitrogens with zero attached hydrogens (tertiary/aromatic N) is 2. The Morgan fingerprint density at radius 3 is 2.74 bits per heavy atom. The van der Waals surface area contributed by atoms with Crippen LogP contribution in [0, 0.1) is 0 Å². The first-order valence-corrected chi connectivity index (χ1v) is 7.53. The molecule has 1 aromatic heterocycles. The molecule has 1 aliphatic rings. The maximum Gasteiger partial charge on any atom is 0.163 e. The van der Waals surface area contributed by atoms with E-state index < -0.39 is 0 Å². The third-order valence-corrected chi connectivity index (χ3v) is 4.40. The van der Waals surface area contributed by atoms with Crippen LogP contribution in [-0.4, -0.2) is 17.1 Å². The summed E-state index contributed by atoms with van der Waals surface area (Å²) in [6.45, 7) is 0. The minimum atomic E-state index is -0.269. The van der Waals surface area contributed by atoms with Crippen LogP contribution in [0.25, 0.3) is 0 Å². The number of methoxy groups -OCH3 is 1. The minimum absolute atomic E-state index is 0.269. The van der Waals surface area contributed by atoms with Gasteiger partial charge in [-0.05, 0) is 5.56 Å². The summed E-state index contributed by atoms with van der Waals surface area (Å²) in [6, 6.07) is 9.95. The van der Waals surface area contributed by atoms with Crippen molar-refractivity contribution in [1.82, 2.24) is 9.97 Å². The number of aromatic nitrogens is 2. The van der Waals surface area contributed by atoms with Crippen molar-refractivity contribution in [3.8, 4) is 0 Å². The van der Waals surface area contributed by atoms with E-state index in [1.54, 1.807) is 7.11 Å². The van der Waals surface area contributed by atoms with E-state index in [9.17, 15) is 0 Å². The summed E-state index contributed by atoms with van der Waals surface area (Å²) in [5.74, 6) is 2.44. The molecule has 3 nitrogen and oxygen atoms in total. The summed E-state index contributed by atoms with van der Waals surface area (Å²) in [7, 11) is 1.66. The normalized spacial score (nSPS) is 15.3. The van der Waals surface area contributed by atoms with Gasteiger partial charge in [0.25, 0.3) is 0 Å². The van der Waals surface area contributed by atoms with Gasteiger partial charge in [0, 0.05) is 24.2 Å². The fourth-order valence-electron chi connectivity index (χ4n) is 2.17. The molecule has 0 spiro atoms. The largest absolute Gasteiger partial charge is 0.369 e. The Bertz CT molecular complexity index is 591. The fourth-order valence-corrected chi connectivity index (χ4v) is 3.55. The zero-order valence-corrected chi connectivity index (χ0v) is 12.0. The molecule has 0 fully saturated rings. The van der Waals surface area contributed by atoms with Crippen molar-refractivity contribution in [2.75, 3.05) is 7.11 Å². The predicted molar refractivity (Wildman–Crippen MR) is 77.3 cm³/mol. The number of halogens is 1. The molecule has 0 saturated heterocycles. The van der Waals surface area contributed by atoms with Gasteiger partial charge in [0.05, 0.1) is 5.69 Å². The molecular formula is C14H13ClN2OS. The molecule has 1 aliphatic heterocycles. The van der Waals surface area contributed by atoms with Gasteiger partial charge >= 0.3 is 0 Å². The quantitative estimate of drug-likeness (QED) is 0.810. The van der Waals surface area contributed by atoms with E-state index in [1.807, 2.05) is 42.1 Å². The van der Waals surface area contributed by atoms with E-state index in [1.165, 1.54) is 0 Å². The lowest BCUT2D eigenvalue weighted by molar-refractivity contribution is 0.129. The summed E-state index contributed by atoms with van der Waals surface area (Å²) < 4.78 is 5.55. The van der Waals surface area contributed by atoms with Crippen LogP contribution in [-0.2, 0) is 16.2 Å². The number of thioether (sulfide) groups is 1. The second kappa shape index (κ2) is 5.49. The molecular weight excluding hydrogens is 280 g/mol. The summed E-state index contributed by atoms with van der Waals surface area (Å²) in [4.78, 5) is 9.03. The van der Waals surface area contributed by atoms with Gasteiger partial charge in [-0.1, -0.05) is 41.9 Å². The Labute approximate surface area is 121 Å². The van der Waals surface area contributed by atoms with Gasteiger partial charge in [-0.2, -0.15) is 11.8 Å². The predicted octanol–water partition coefficient (Wildman–Crippen LogP) is 3.61. The van der Waals surface area contributed by atoms with Crippen LogP contribution in [0.1, 0.15) is 28.7 Å². The first kappa shape index (κ1) is 12.9. The second-order valence-corrected chi connectivity index (χ2v) is 5.66. The Kier molecular flexibility index (Phi) is 3.73. The van der Waals surface area contributed by atoms with Crippen molar-refractivity contribution >= 4 is 23.4 Å². The average molecular weight is 293 g/mol. The third kappa shape index (κ3) is 2.48. The third-order valence-electron chi connectivity index (χ3n) is 3.12. The van der Waals surface area contributed by atoms with Gasteiger partial charge in [0.15, 0.2) is 5.82 Å². The molecule has 0 N–H and O–H groups in total. The second-order valence-electron chi connectivity index (χ2n) is 4.32. The van der Waals surface area contributed by atoms with Gasteiger partial charge in [-0.25, -0.2) is 9.97 Å². The molecule has 1 aromatic carbocycles. The molecule has 98 valence electrons. The van der Waals surface area contributed by atoms with Crippen molar-refractivity contribution in [2.24, 2.45) is 0 Å². The highest BCUT2D eigenvalue weighted by Crippen LogP contribution is 2.34. The Morgan fingerprint density at radius 2 is 2.00 bits per heavy atom. The maximum atomic E-state index is 6.24. The van der Waals surface area contributed by atoms with Crippen LogP contribution < -0.4 is 0 Å². The molecule has 3 rings (SSSR count). The van der Waals surface area contributed by atoms with E-state index in [0.717, 1.165) is 28.3 Å². The van der Waals surface area contributed by atoms with E-state index in [2.05, 4.69) is 9.97 Å².